The van der Waals surface area contributed by atoms with E-state index >= 15 is 0 Å². The second-order valence-electron chi connectivity index (χ2n) is 8.69. The summed E-state index contributed by atoms with van der Waals surface area (Å²) in [7, 11) is -2.47. The lowest BCUT2D eigenvalue weighted by molar-refractivity contribution is -0.135. The van der Waals surface area contributed by atoms with Gasteiger partial charge in [0, 0.05) is 36.6 Å². The quantitative estimate of drug-likeness (QED) is 0.616. The fourth-order valence-electron chi connectivity index (χ4n) is 3.97. The number of carbonyl (C=O) groups is 2. The number of rotatable bonds is 5. The number of amides is 2. The van der Waals surface area contributed by atoms with E-state index in [4.69, 9.17) is 11.6 Å². The molecular formula is C26H30ClN3O4S. The molecule has 3 rings (SSSR count). The number of hydrogen-bond acceptors (Lipinski definition) is 4. The molecule has 2 amide bonds. The predicted octanol–water partition coefficient (Wildman–Crippen LogP) is 3.65. The fourth-order valence-corrected chi connectivity index (χ4v) is 5.69. The van der Waals surface area contributed by atoms with Gasteiger partial charge in [-0.2, -0.15) is 0 Å². The number of sulfonamides is 1. The molecule has 1 atom stereocenters. The number of nitrogens with one attached hydrogen (secondary N) is 1. The third kappa shape index (κ3) is 6.16. The number of likely N-dealkylation sites (tertiary alicyclic amines) is 1. The van der Waals surface area contributed by atoms with Gasteiger partial charge in [0.15, 0.2) is 0 Å². The van der Waals surface area contributed by atoms with Gasteiger partial charge in [-0.15, -0.1) is 0 Å². The lowest BCUT2D eigenvalue weighted by Gasteiger charge is -2.29. The molecule has 0 aromatic heterocycles. The molecule has 9 heteroatoms. The van der Waals surface area contributed by atoms with Crippen LogP contribution in [-0.4, -0.2) is 51.3 Å². The van der Waals surface area contributed by atoms with E-state index in [1.54, 1.807) is 62.1 Å². The number of anilines is 1. The van der Waals surface area contributed by atoms with Crippen LogP contribution >= 0.6 is 11.6 Å². The molecule has 0 saturated carbocycles. The topological polar surface area (TPSA) is 86.8 Å². The summed E-state index contributed by atoms with van der Waals surface area (Å²) in [5, 5.41) is 3.12. The highest BCUT2D eigenvalue weighted by molar-refractivity contribution is 7.92. The van der Waals surface area contributed by atoms with Gasteiger partial charge in [-0.05, 0) is 75.4 Å². The van der Waals surface area contributed by atoms with Crippen LogP contribution in [-0.2, 0) is 19.6 Å². The summed E-state index contributed by atoms with van der Waals surface area (Å²) in [6.07, 6.45) is 3.04. The SMILES string of the molecule is Cc1cc(S(=O)(=O)N(C)c2ccccc2C#CC(=O)N[C@@H](C)C(=O)N2CCCCC2)c(C)cc1Cl. The molecule has 0 radical (unpaired) electrons. The number of piperidine rings is 1. The maximum atomic E-state index is 13.4. The predicted molar refractivity (Wildman–Crippen MR) is 138 cm³/mol. The van der Waals surface area contributed by atoms with E-state index in [1.807, 2.05) is 0 Å². The summed E-state index contributed by atoms with van der Waals surface area (Å²) >= 11 is 6.14. The minimum absolute atomic E-state index is 0.125. The van der Waals surface area contributed by atoms with Gasteiger partial charge in [0.05, 0.1) is 10.6 Å². The van der Waals surface area contributed by atoms with Crippen LogP contribution in [0, 0.1) is 25.7 Å². The Morgan fingerprint density at radius 2 is 1.74 bits per heavy atom. The number of aryl methyl sites for hydroxylation is 2. The Bertz CT molecular complexity index is 1290. The molecule has 0 aliphatic carbocycles. The number of benzene rings is 2. The maximum absolute atomic E-state index is 13.4. The van der Waals surface area contributed by atoms with E-state index in [0.717, 1.165) is 23.6 Å². The van der Waals surface area contributed by atoms with Crippen LogP contribution in [0.1, 0.15) is 42.9 Å². The monoisotopic (exact) mass is 515 g/mol. The van der Waals surface area contributed by atoms with Crippen LogP contribution in [0.25, 0.3) is 0 Å². The van der Waals surface area contributed by atoms with Gasteiger partial charge in [0.1, 0.15) is 6.04 Å². The van der Waals surface area contributed by atoms with Crippen molar-refractivity contribution in [2.45, 2.75) is 51.0 Å². The molecule has 35 heavy (non-hydrogen) atoms. The minimum Gasteiger partial charge on any atom is -0.341 e. The number of carbonyl (C=O) groups excluding carboxylic acids is 2. The molecule has 2 aromatic rings. The molecule has 7 nitrogen and oxygen atoms in total. The number of nitrogens with zero attached hydrogens (tertiary/aromatic N) is 2. The summed E-state index contributed by atoms with van der Waals surface area (Å²) < 4.78 is 27.9. The molecule has 1 N–H and O–H groups in total. The average Bonchev–Trinajstić information content (AvgIpc) is 2.84. The van der Waals surface area contributed by atoms with Crippen LogP contribution in [0.3, 0.4) is 0 Å². The first-order chi connectivity index (χ1) is 16.5. The molecule has 1 fully saturated rings. The van der Waals surface area contributed by atoms with Crippen molar-refractivity contribution in [1.29, 1.82) is 0 Å². The van der Waals surface area contributed by atoms with Crippen molar-refractivity contribution in [3.63, 3.8) is 0 Å². The van der Waals surface area contributed by atoms with Crippen LogP contribution in [0.2, 0.25) is 5.02 Å². The van der Waals surface area contributed by atoms with E-state index in [9.17, 15) is 18.0 Å². The summed E-state index contributed by atoms with van der Waals surface area (Å²) in [4.78, 5) is 26.9. The molecule has 0 unspecified atom stereocenters. The summed E-state index contributed by atoms with van der Waals surface area (Å²) in [6, 6.07) is 9.16. The Morgan fingerprint density at radius 3 is 2.43 bits per heavy atom. The van der Waals surface area contributed by atoms with Gasteiger partial charge in [-0.1, -0.05) is 29.7 Å². The fraction of sp³-hybridized carbons (Fsp3) is 0.385. The smallest absolute Gasteiger partial charge is 0.296 e. The van der Waals surface area contributed by atoms with Gasteiger partial charge in [-0.3, -0.25) is 13.9 Å². The van der Waals surface area contributed by atoms with E-state index in [0.29, 0.717) is 40.5 Å². The Hall–Kier alpha value is -3.02. The van der Waals surface area contributed by atoms with E-state index in [2.05, 4.69) is 17.2 Å². The molecule has 1 saturated heterocycles. The molecule has 1 heterocycles. The molecular weight excluding hydrogens is 486 g/mol. The Labute approximate surface area is 212 Å². The van der Waals surface area contributed by atoms with Crippen molar-refractivity contribution in [1.82, 2.24) is 10.2 Å². The highest BCUT2D eigenvalue weighted by atomic mass is 35.5. The van der Waals surface area contributed by atoms with Gasteiger partial charge in [-0.25, -0.2) is 8.42 Å². The molecule has 0 spiro atoms. The second kappa shape index (κ2) is 11.1. The highest BCUT2D eigenvalue weighted by Crippen LogP contribution is 2.29. The van der Waals surface area contributed by atoms with Crippen molar-refractivity contribution in [2.75, 3.05) is 24.4 Å². The van der Waals surface area contributed by atoms with Gasteiger partial charge in [0.2, 0.25) is 5.91 Å². The van der Waals surface area contributed by atoms with E-state index in [-0.39, 0.29) is 10.8 Å². The molecule has 0 bridgehead atoms. The lowest BCUT2D eigenvalue weighted by atomic mass is 10.1. The summed E-state index contributed by atoms with van der Waals surface area (Å²) in [6.45, 7) is 6.47. The number of hydrogen-bond donors (Lipinski definition) is 1. The van der Waals surface area contributed by atoms with Crippen molar-refractivity contribution in [3.8, 4) is 11.8 Å². The number of halogens is 1. The Kier molecular flexibility index (Phi) is 8.47. The average molecular weight is 516 g/mol. The Balaban J connectivity index is 1.80. The van der Waals surface area contributed by atoms with Crippen molar-refractivity contribution < 1.29 is 18.0 Å². The van der Waals surface area contributed by atoms with Gasteiger partial charge >= 0.3 is 0 Å². The standard InChI is InChI=1S/C26H30ClN3O4S/c1-18-17-24(19(2)16-22(18)27)35(33,34)29(4)23-11-7-6-10-21(23)12-13-25(31)28-20(3)26(32)30-14-8-5-9-15-30/h6-7,10-11,16-17,20H,5,8-9,14-15H2,1-4H3,(H,28,31)/t20-/m0/s1. The summed E-state index contributed by atoms with van der Waals surface area (Å²) in [5.41, 5.74) is 1.88. The van der Waals surface area contributed by atoms with Crippen molar-refractivity contribution in [2.24, 2.45) is 0 Å². The third-order valence-electron chi connectivity index (χ3n) is 6.03. The maximum Gasteiger partial charge on any atom is 0.296 e. The Morgan fingerprint density at radius 1 is 1.09 bits per heavy atom. The summed E-state index contributed by atoms with van der Waals surface area (Å²) in [5.74, 6) is 4.53. The van der Waals surface area contributed by atoms with E-state index < -0.39 is 22.0 Å². The minimum atomic E-state index is -3.91. The van der Waals surface area contributed by atoms with E-state index in [1.165, 1.54) is 7.05 Å². The zero-order chi connectivity index (χ0) is 25.8. The van der Waals surface area contributed by atoms with Gasteiger partial charge in [0.25, 0.3) is 15.9 Å². The highest BCUT2D eigenvalue weighted by Gasteiger charge is 2.26. The first kappa shape index (κ1) is 26.6. The van der Waals surface area contributed by atoms with Gasteiger partial charge < -0.3 is 10.2 Å². The first-order valence-electron chi connectivity index (χ1n) is 11.5. The largest absolute Gasteiger partial charge is 0.341 e. The van der Waals surface area contributed by atoms with Crippen molar-refractivity contribution >= 4 is 39.1 Å². The van der Waals surface area contributed by atoms with Crippen LogP contribution in [0.4, 0.5) is 5.69 Å². The van der Waals surface area contributed by atoms with Crippen LogP contribution in [0.15, 0.2) is 41.3 Å². The zero-order valence-electron chi connectivity index (χ0n) is 20.4. The molecule has 186 valence electrons. The van der Waals surface area contributed by atoms with Crippen LogP contribution in [0.5, 0.6) is 0 Å². The normalized spacial score (nSPS) is 14.5. The molecule has 2 aromatic carbocycles. The molecule has 1 aliphatic rings. The van der Waals surface area contributed by atoms with Crippen molar-refractivity contribution in [3.05, 3.63) is 58.1 Å². The zero-order valence-corrected chi connectivity index (χ0v) is 22.0. The third-order valence-corrected chi connectivity index (χ3v) is 8.36. The number of para-hydroxylation sites is 1. The second-order valence-corrected chi connectivity index (χ2v) is 11.0. The molecule has 1 aliphatic heterocycles. The first-order valence-corrected chi connectivity index (χ1v) is 13.3. The lowest BCUT2D eigenvalue weighted by Crippen LogP contribution is -2.48. The van der Waals surface area contributed by atoms with Crippen LogP contribution < -0.4 is 9.62 Å².